The van der Waals surface area contributed by atoms with Gasteiger partial charge in [0, 0.05) is 17.3 Å². The first-order chi connectivity index (χ1) is 9.55. The standard InChI is InChI=1S/C15H21BFNO3/c1-9(11-7-6-10(18)8-12(11)19)13(17)16-20-14(2,3)15(4,5)21-16/h6-8,19H,18H2,1-5H3. The molecule has 3 N–H and O–H groups in total. The lowest BCUT2D eigenvalue weighted by atomic mass is 9.83. The molecule has 1 aliphatic heterocycles. The molecule has 0 radical (unpaired) electrons. The molecule has 1 fully saturated rings. The maximum absolute atomic E-state index is 14.6. The molecule has 1 saturated heterocycles. The zero-order valence-corrected chi connectivity index (χ0v) is 13.0. The molecule has 1 aromatic rings. The van der Waals surface area contributed by atoms with Crippen LogP contribution in [0, 0.1) is 0 Å². The molecule has 114 valence electrons. The number of benzene rings is 1. The highest BCUT2D eigenvalue weighted by molar-refractivity contribution is 6.55. The summed E-state index contributed by atoms with van der Waals surface area (Å²) in [6, 6.07) is 4.57. The highest BCUT2D eigenvalue weighted by atomic mass is 19.1. The first kappa shape index (κ1) is 15.9. The molecule has 0 bridgehead atoms. The van der Waals surface area contributed by atoms with E-state index in [0.717, 1.165) is 0 Å². The van der Waals surface area contributed by atoms with Crippen molar-refractivity contribution in [3.05, 3.63) is 29.5 Å². The predicted octanol–water partition coefficient (Wildman–Crippen LogP) is 3.31. The molecule has 1 aromatic carbocycles. The molecular formula is C15H21BFNO3. The Bertz CT molecular complexity index is 583. The lowest BCUT2D eigenvalue weighted by molar-refractivity contribution is 0.00578. The fourth-order valence-corrected chi connectivity index (χ4v) is 2.12. The Morgan fingerprint density at radius 1 is 1.19 bits per heavy atom. The van der Waals surface area contributed by atoms with Crippen LogP contribution in [0.5, 0.6) is 5.75 Å². The minimum Gasteiger partial charge on any atom is -0.507 e. The Morgan fingerprint density at radius 3 is 2.19 bits per heavy atom. The number of nitrogens with two attached hydrogens (primary N) is 1. The Morgan fingerprint density at radius 2 is 1.71 bits per heavy atom. The first-order valence-electron chi connectivity index (χ1n) is 6.86. The van der Waals surface area contributed by atoms with Gasteiger partial charge in [0.2, 0.25) is 0 Å². The van der Waals surface area contributed by atoms with E-state index in [1.165, 1.54) is 6.07 Å². The summed E-state index contributed by atoms with van der Waals surface area (Å²) in [6.07, 6.45) is 0. The number of hydrogen-bond acceptors (Lipinski definition) is 4. The van der Waals surface area contributed by atoms with Gasteiger partial charge < -0.3 is 20.1 Å². The van der Waals surface area contributed by atoms with Crippen LogP contribution in [0.4, 0.5) is 10.1 Å². The molecule has 0 saturated carbocycles. The summed E-state index contributed by atoms with van der Waals surface area (Å²) >= 11 is 0. The highest BCUT2D eigenvalue weighted by Crippen LogP contribution is 2.40. The Labute approximate surface area is 124 Å². The zero-order chi connectivity index (χ0) is 16.0. The Balaban J connectivity index is 2.36. The minimum absolute atomic E-state index is 0.0702. The molecule has 4 nitrogen and oxygen atoms in total. The van der Waals surface area contributed by atoms with Gasteiger partial charge in [-0.15, -0.1) is 0 Å². The van der Waals surface area contributed by atoms with Gasteiger partial charge in [-0.1, -0.05) is 0 Å². The molecule has 1 heterocycles. The normalized spacial score (nSPS) is 21.3. The zero-order valence-electron chi connectivity index (χ0n) is 13.0. The summed E-state index contributed by atoms with van der Waals surface area (Å²) in [5.41, 5.74) is 4.86. The monoisotopic (exact) mass is 293 g/mol. The third kappa shape index (κ3) is 2.78. The molecule has 21 heavy (non-hydrogen) atoms. The van der Waals surface area contributed by atoms with E-state index >= 15 is 0 Å². The number of nitrogen functional groups attached to an aromatic ring is 1. The number of rotatable bonds is 2. The van der Waals surface area contributed by atoms with E-state index in [1.54, 1.807) is 19.1 Å². The molecule has 6 heteroatoms. The van der Waals surface area contributed by atoms with Crippen molar-refractivity contribution in [1.29, 1.82) is 0 Å². The molecule has 2 rings (SSSR count). The van der Waals surface area contributed by atoms with Crippen LogP contribution < -0.4 is 5.73 Å². The fourth-order valence-electron chi connectivity index (χ4n) is 2.12. The second-order valence-corrected chi connectivity index (χ2v) is 6.34. The second-order valence-electron chi connectivity index (χ2n) is 6.34. The van der Waals surface area contributed by atoms with Crippen molar-refractivity contribution in [2.75, 3.05) is 5.73 Å². The first-order valence-corrected chi connectivity index (χ1v) is 6.86. The molecule has 0 amide bonds. The summed E-state index contributed by atoms with van der Waals surface area (Å²) in [7, 11) is -1.08. The number of hydrogen-bond donors (Lipinski definition) is 2. The number of anilines is 1. The van der Waals surface area contributed by atoms with Gasteiger partial charge in [0.1, 0.15) is 11.5 Å². The van der Waals surface area contributed by atoms with Gasteiger partial charge >= 0.3 is 7.12 Å². The lowest BCUT2D eigenvalue weighted by Gasteiger charge is -2.32. The van der Waals surface area contributed by atoms with Crippen LogP contribution in [0.1, 0.15) is 40.2 Å². The van der Waals surface area contributed by atoms with Crippen molar-refractivity contribution in [1.82, 2.24) is 0 Å². The maximum atomic E-state index is 14.6. The van der Waals surface area contributed by atoms with Crippen LogP contribution in [0.15, 0.2) is 23.9 Å². The average molecular weight is 293 g/mol. The van der Waals surface area contributed by atoms with E-state index in [9.17, 15) is 9.50 Å². The SMILES string of the molecule is CC(=C(F)B1OC(C)(C)C(C)(C)O1)c1ccc(N)cc1O. The van der Waals surface area contributed by atoms with Crippen LogP contribution in [0.2, 0.25) is 0 Å². The third-order valence-electron chi connectivity index (χ3n) is 4.24. The molecular weight excluding hydrogens is 272 g/mol. The van der Waals surface area contributed by atoms with Gasteiger partial charge in [-0.3, -0.25) is 0 Å². The number of phenols is 1. The van der Waals surface area contributed by atoms with E-state index in [-0.39, 0.29) is 11.3 Å². The summed E-state index contributed by atoms with van der Waals surface area (Å²) in [5.74, 6) is -0.0702. The van der Waals surface area contributed by atoms with E-state index in [4.69, 9.17) is 15.0 Å². The van der Waals surface area contributed by atoms with E-state index in [2.05, 4.69) is 0 Å². The van der Waals surface area contributed by atoms with E-state index in [0.29, 0.717) is 11.3 Å². The molecule has 0 aliphatic carbocycles. The van der Waals surface area contributed by atoms with Crippen LogP contribution >= 0.6 is 0 Å². The number of aromatic hydroxyl groups is 1. The minimum atomic E-state index is -1.08. The van der Waals surface area contributed by atoms with Gasteiger partial charge in [-0.05, 0) is 52.3 Å². The van der Waals surface area contributed by atoms with Crippen molar-refractivity contribution in [2.24, 2.45) is 0 Å². The summed E-state index contributed by atoms with van der Waals surface area (Å²) in [4.78, 5) is 0. The third-order valence-corrected chi connectivity index (χ3v) is 4.24. The Hall–Kier alpha value is -1.53. The van der Waals surface area contributed by atoms with Gasteiger partial charge in [0.15, 0.2) is 0 Å². The lowest BCUT2D eigenvalue weighted by Crippen LogP contribution is -2.41. The quantitative estimate of drug-likeness (QED) is 0.648. The highest BCUT2D eigenvalue weighted by Gasteiger charge is 2.53. The van der Waals surface area contributed by atoms with Crippen LogP contribution in [0.3, 0.4) is 0 Å². The van der Waals surface area contributed by atoms with Gasteiger partial charge in [-0.2, -0.15) is 0 Å². The number of phenolic OH excluding ortho intramolecular Hbond substituents is 1. The molecule has 0 atom stereocenters. The van der Waals surface area contributed by atoms with Crippen molar-refractivity contribution < 1.29 is 18.8 Å². The van der Waals surface area contributed by atoms with E-state index < -0.39 is 24.0 Å². The number of allylic oxidation sites excluding steroid dienone is 1. The molecule has 0 unspecified atom stereocenters. The summed E-state index contributed by atoms with van der Waals surface area (Å²) < 4.78 is 26.0. The fraction of sp³-hybridized carbons (Fsp3) is 0.467. The molecule has 0 aromatic heterocycles. The smallest absolute Gasteiger partial charge is 0.507 e. The van der Waals surface area contributed by atoms with Crippen molar-refractivity contribution in [2.45, 2.75) is 45.8 Å². The van der Waals surface area contributed by atoms with Crippen LogP contribution in [-0.4, -0.2) is 23.4 Å². The van der Waals surface area contributed by atoms with Gasteiger partial charge in [0.25, 0.3) is 0 Å². The largest absolute Gasteiger partial charge is 0.525 e. The van der Waals surface area contributed by atoms with Crippen molar-refractivity contribution in [3.8, 4) is 5.75 Å². The predicted molar refractivity (Wildman–Crippen MR) is 82.3 cm³/mol. The van der Waals surface area contributed by atoms with Crippen molar-refractivity contribution >= 4 is 18.4 Å². The summed E-state index contributed by atoms with van der Waals surface area (Å²) in [6.45, 7) is 9.00. The van der Waals surface area contributed by atoms with Crippen LogP contribution in [0.25, 0.3) is 5.57 Å². The number of halogens is 1. The topological polar surface area (TPSA) is 64.7 Å². The Kier molecular flexibility index (Phi) is 3.80. The molecule has 0 spiro atoms. The second kappa shape index (κ2) is 5.03. The average Bonchev–Trinajstić information content (AvgIpc) is 2.57. The molecule has 1 aliphatic rings. The van der Waals surface area contributed by atoms with Crippen molar-refractivity contribution in [3.63, 3.8) is 0 Å². The van der Waals surface area contributed by atoms with Gasteiger partial charge in [-0.25, -0.2) is 4.39 Å². The van der Waals surface area contributed by atoms with Crippen LogP contribution in [-0.2, 0) is 9.31 Å². The van der Waals surface area contributed by atoms with Gasteiger partial charge in [0.05, 0.1) is 11.2 Å². The summed E-state index contributed by atoms with van der Waals surface area (Å²) in [5, 5.41) is 9.90. The maximum Gasteiger partial charge on any atom is 0.525 e. The van der Waals surface area contributed by atoms with E-state index in [1.807, 2.05) is 27.7 Å².